The molecule has 0 saturated carbocycles. The number of nitrogens with zero attached hydrogens (tertiary/aromatic N) is 1. The van der Waals surface area contributed by atoms with Crippen molar-refractivity contribution in [2.45, 2.75) is 32.7 Å². The van der Waals surface area contributed by atoms with Gasteiger partial charge in [-0.05, 0) is 44.5 Å². The van der Waals surface area contributed by atoms with E-state index in [9.17, 15) is 19.2 Å². The number of carbonyl (C=O) groups is 4. The number of ketones is 1. The molecular formula is C19H21N3O5S. The summed E-state index contributed by atoms with van der Waals surface area (Å²) in [6.07, 6.45) is 0.608. The van der Waals surface area contributed by atoms with Crippen molar-refractivity contribution >= 4 is 35.0 Å². The molecule has 1 fully saturated rings. The molecule has 3 rings (SSSR count). The molecule has 0 aromatic carbocycles. The molecule has 1 unspecified atom stereocenters. The van der Waals surface area contributed by atoms with E-state index in [1.54, 1.807) is 38.1 Å². The number of furan rings is 1. The van der Waals surface area contributed by atoms with Crippen LogP contribution in [-0.2, 0) is 21.5 Å². The van der Waals surface area contributed by atoms with Crippen molar-refractivity contribution in [3.05, 3.63) is 45.5 Å². The van der Waals surface area contributed by atoms with E-state index < -0.39 is 17.5 Å². The first-order valence-electron chi connectivity index (χ1n) is 8.78. The summed E-state index contributed by atoms with van der Waals surface area (Å²) >= 11 is 1.29. The van der Waals surface area contributed by atoms with Crippen molar-refractivity contribution in [1.29, 1.82) is 0 Å². The van der Waals surface area contributed by atoms with Gasteiger partial charge in [-0.1, -0.05) is 0 Å². The topological polar surface area (TPSA) is 109 Å². The van der Waals surface area contributed by atoms with Crippen LogP contribution >= 0.6 is 11.3 Å². The van der Waals surface area contributed by atoms with Crippen molar-refractivity contribution in [1.82, 2.24) is 15.5 Å². The summed E-state index contributed by atoms with van der Waals surface area (Å²) in [7, 11) is 0. The fourth-order valence-corrected chi connectivity index (χ4v) is 3.89. The van der Waals surface area contributed by atoms with Crippen LogP contribution in [0.15, 0.2) is 28.7 Å². The Kier molecular flexibility index (Phi) is 5.37. The van der Waals surface area contributed by atoms with Gasteiger partial charge in [-0.25, -0.2) is 4.79 Å². The van der Waals surface area contributed by atoms with Gasteiger partial charge in [0.05, 0.1) is 11.4 Å². The SMILES string of the molecule is CC(=O)NCCc1ccc(C(=O)CN2C(=O)NC(C)(c3ccc(C)o3)C2=O)s1. The monoisotopic (exact) mass is 403 g/mol. The number of nitrogens with one attached hydrogen (secondary N) is 2. The minimum absolute atomic E-state index is 0.110. The fourth-order valence-electron chi connectivity index (χ4n) is 2.96. The largest absolute Gasteiger partial charge is 0.463 e. The lowest BCUT2D eigenvalue weighted by Crippen LogP contribution is -2.41. The molecule has 9 heteroatoms. The minimum Gasteiger partial charge on any atom is -0.463 e. The van der Waals surface area contributed by atoms with Gasteiger partial charge in [0.15, 0.2) is 11.3 Å². The maximum absolute atomic E-state index is 12.8. The van der Waals surface area contributed by atoms with E-state index in [1.807, 2.05) is 0 Å². The predicted molar refractivity (Wildman–Crippen MR) is 102 cm³/mol. The lowest BCUT2D eigenvalue weighted by Gasteiger charge is -2.18. The quantitative estimate of drug-likeness (QED) is 0.543. The van der Waals surface area contributed by atoms with Gasteiger partial charge in [-0.15, -0.1) is 11.3 Å². The van der Waals surface area contributed by atoms with E-state index >= 15 is 0 Å². The number of thiophene rings is 1. The number of carbonyl (C=O) groups excluding carboxylic acids is 4. The second kappa shape index (κ2) is 7.59. The van der Waals surface area contributed by atoms with Crippen LogP contribution in [-0.4, -0.2) is 41.6 Å². The molecule has 0 bridgehead atoms. The molecule has 28 heavy (non-hydrogen) atoms. The molecule has 0 aliphatic carbocycles. The van der Waals surface area contributed by atoms with Gasteiger partial charge in [0.25, 0.3) is 5.91 Å². The first-order chi connectivity index (χ1) is 13.2. The van der Waals surface area contributed by atoms with E-state index in [0.717, 1.165) is 9.78 Å². The van der Waals surface area contributed by atoms with E-state index in [1.165, 1.54) is 18.3 Å². The van der Waals surface area contributed by atoms with Crippen LogP contribution < -0.4 is 10.6 Å². The Labute approximate surface area is 165 Å². The van der Waals surface area contributed by atoms with Gasteiger partial charge >= 0.3 is 6.03 Å². The highest BCUT2D eigenvalue weighted by atomic mass is 32.1. The van der Waals surface area contributed by atoms with Gasteiger partial charge in [0.1, 0.15) is 11.5 Å². The smallest absolute Gasteiger partial charge is 0.325 e. The third kappa shape index (κ3) is 3.84. The zero-order valence-electron chi connectivity index (χ0n) is 15.8. The molecule has 2 aromatic heterocycles. The van der Waals surface area contributed by atoms with Crippen molar-refractivity contribution in [2.75, 3.05) is 13.1 Å². The highest BCUT2D eigenvalue weighted by molar-refractivity contribution is 7.14. The Morgan fingerprint density at radius 3 is 2.64 bits per heavy atom. The molecule has 0 radical (unpaired) electrons. The second-order valence-corrected chi connectivity index (χ2v) is 7.95. The normalized spacial score (nSPS) is 19.0. The van der Waals surface area contributed by atoms with Crippen molar-refractivity contribution in [3.8, 4) is 0 Å². The summed E-state index contributed by atoms with van der Waals surface area (Å²) in [5.41, 5.74) is -1.33. The van der Waals surface area contributed by atoms with Crippen LogP contribution in [0.25, 0.3) is 0 Å². The van der Waals surface area contributed by atoms with E-state index in [4.69, 9.17) is 4.42 Å². The maximum atomic E-state index is 12.8. The van der Waals surface area contributed by atoms with E-state index in [0.29, 0.717) is 29.4 Å². The summed E-state index contributed by atoms with van der Waals surface area (Å²) in [6, 6.07) is 6.20. The molecule has 1 aliphatic rings. The van der Waals surface area contributed by atoms with Gasteiger partial charge in [0.2, 0.25) is 5.91 Å². The molecule has 1 aliphatic heterocycles. The number of imide groups is 1. The average Bonchev–Trinajstić information content (AvgIpc) is 3.31. The maximum Gasteiger partial charge on any atom is 0.325 e. The van der Waals surface area contributed by atoms with Crippen LogP contribution in [0.3, 0.4) is 0 Å². The number of rotatable bonds is 7. The Balaban J connectivity index is 1.67. The van der Waals surface area contributed by atoms with Crippen molar-refractivity contribution in [2.24, 2.45) is 0 Å². The number of hydrogen-bond donors (Lipinski definition) is 2. The molecular weight excluding hydrogens is 382 g/mol. The molecule has 2 aromatic rings. The molecule has 1 atom stereocenters. The summed E-state index contributed by atoms with van der Waals surface area (Å²) in [5.74, 6) is -0.00383. The predicted octanol–water partition coefficient (Wildman–Crippen LogP) is 1.98. The van der Waals surface area contributed by atoms with Crippen LogP contribution in [0.2, 0.25) is 0 Å². The fraction of sp³-hybridized carbons (Fsp3) is 0.368. The van der Waals surface area contributed by atoms with Gasteiger partial charge < -0.3 is 15.1 Å². The standard InChI is InChI=1S/C19H21N3O5S/c1-11-4-7-16(27-11)19(3)17(25)22(18(26)21-19)10-14(24)15-6-5-13(28-15)8-9-20-12(2)23/h4-7H,8-10H2,1-3H3,(H,20,23)(H,21,26). The van der Waals surface area contributed by atoms with Crippen molar-refractivity contribution in [3.63, 3.8) is 0 Å². The second-order valence-electron chi connectivity index (χ2n) is 6.78. The minimum atomic E-state index is -1.33. The molecule has 1 saturated heterocycles. The van der Waals surface area contributed by atoms with Gasteiger partial charge in [0, 0.05) is 18.3 Å². The van der Waals surface area contributed by atoms with E-state index in [-0.39, 0.29) is 18.2 Å². The lowest BCUT2D eigenvalue weighted by atomic mass is 9.99. The van der Waals surface area contributed by atoms with Crippen LogP contribution in [0.1, 0.15) is 39.9 Å². The van der Waals surface area contributed by atoms with Crippen LogP contribution in [0, 0.1) is 6.92 Å². The molecule has 2 N–H and O–H groups in total. The number of amides is 4. The summed E-state index contributed by atoms with van der Waals surface area (Å²) < 4.78 is 5.51. The van der Waals surface area contributed by atoms with Crippen LogP contribution in [0.4, 0.5) is 4.79 Å². The molecule has 0 spiro atoms. The van der Waals surface area contributed by atoms with Gasteiger partial charge in [-0.2, -0.15) is 0 Å². The summed E-state index contributed by atoms with van der Waals surface area (Å²) in [6.45, 7) is 4.89. The first kappa shape index (κ1) is 19.8. The summed E-state index contributed by atoms with van der Waals surface area (Å²) in [5, 5.41) is 5.31. The summed E-state index contributed by atoms with van der Waals surface area (Å²) in [4.78, 5) is 50.9. The third-order valence-corrected chi connectivity index (χ3v) is 5.68. The highest BCUT2D eigenvalue weighted by Crippen LogP contribution is 2.30. The Morgan fingerprint density at radius 2 is 2.00 bits per heavy atom. The Bertz CT molecular complexity index is 947. The number of Topliss-reactive ketones (excluding diaryl/α,β-unsaturated/α-hetero) is 1. The zero-order chi connectivity index (χ0) is 20.5. The van der Waals surface area contributed by atoms with Gasteiger partial charge in [-0.3, -0.25) is 19.3 Å². The molecule has 148 valence electrons. The molecule has 8 nitrogen and oxygen atoms in total. The average molecular weight is 403 g/mol. The highest BCUT2D eigenvalue weighted by Gasteiger charge is 2.51. The van der Waals surface area contributed by atoms with Crippen LogP contribution in [0.5, 0.6) is 0 Å². The third-order valence-electron chi connectivity index (χ3n) is 4.49. The zero-order valence-corrected chi connectivity index (χ0v) is 16.6. The number of hydrogen-bond acceptors (Lipinski definition) is 6. The first-order valence-corrected chi connectivity index (χ1v) is 9.59. The number of urea groups is 1. The van der Waals surface area contributed by atoms with Crippen molar-refractivity contribution < 1.29 is 23.6 Å². The molecule has 3 heterocycles. The van der Waals surface area contributed by atoms with E-state index in [2.05, 4.69) is 10.6 Å². The molecule has 4 amide bonds. The Morgan fingerprint density at radius 1 is 1.25 bits per heavy atom. The number of aryl methyl sites for hydroxylation is 1. The Hall–Kier alpha value is -2.94. The lowest BCUT2D eigenvalue weighted by molar-refractivity contribution is -0.131.